The molecular formula is C11H7N3OS2. The molecule has 3 aromatic heterocycles. The summed E-state index contributed by atoms with van der Waals surface area (Å²) in [5, 5.41) is 1.87. The average Bonchev–Trinajstić information content (AvgIpc) is 2.78. The van der Waals surface area contributed by atoms with Crippen molar-refractivity contribution in [1.82, 2.24) is 14.5 Å². The van der Waals surface area contributed by atoms with Gasteiger partial charge >= 0.3 is 0 Å². The van der Waals surface area contributed by atoms with Crippen LogP contribution in [-0.4, -0.2) is 14.5 Å². The molecule has 0 aliphatic rings. The van der Waals surface area contributed by atoms with E-state index in [0.29, 0.717) is 15.2 Å². The lowest BCUT2D eigenvalue weighted by molar-refractivity contribution is 0.935. The lowest BCUT2D eigenvalue weighted by Gasteiger charge is -2.04. The predicted molar refractivity (Wildman–Crippen MR) is 70.4 cm³/mol. The largest absolute Gasteiger partial charge is 0.331 e. The number of thiophene rings is 1. The van der Waals surface area contributed by atoms with Gasteiger partial charge in [-0.15, -0.1) is 11.3 Å². The quantitative estimate of drug-likeness (QED) is 0.685. The highest BCUT2D eigenvalue weighted by atomic mass is 32.1. The van der Waals surface area contributed by atoms with Crippen LogP contribution in [0.5, 0.6) is 0 Å². The van der Waals surface area contributed by atoms with Crippen LogP contribution in [0.15, 0.2) is 40.8 Å². The maximum absolute atomic E-state index is 12.3. The Hall–Kier alpha value is -1.79. The molecule has 0 fully saturated rings. The summed E-state index contributed by atoms with van der Waals surface area (Å²) < 4.78 is 2.51. The molecule has 4 nitrogen and oxygen atoms in total. The van der Waals surface area contributed by atoms with E-state index in [1.54, 1.807) is 24.5 Å². The number of hydrogen-bond acceptors (Lipinski definition) is 4. The minimum atomic E-state index is -0.105. The third kappa shape index (κ3) is 1.62. The van der Waals surface area contributed by atoms with Gasteiger partial charge in [0.05, 0.1) is 17.4 Å². The van der Waals surface area contributed by atoms with Crippen LogP contribution in [0, 0.1) is 4.77 Å². The van der Waals surface area contributed by atoms with Crippen molar-refractivity contribution in [3.05, 3.63) is 51.1 Å². The van der Waals surface area contributed by atoms with Crippen molar-refractivity contribution in [2.24, 2.45) is 0 Å². The van der Waals surface area contributed by atoms with Gasteiger partial charge in [-0.25, -0.2) is 0 Å². The SMILES string of the molecule is O=c1c2sccc2[nH]c(=S)n1-c1cccnc1. The van der Waals surface area contributed by atoms with Crippen molar-refractivity contribution in [3.8, 4) is 5.69 Å². The summed E-state index contributed by atoms with van der Waals surface area (Å²) in [6.45, 7) is 0. The van der Waals surface area contributed by atoms with E-state index in [2.05, 4.69) is 9.97 Å². The average molecular weight is 261 g/mol. The van der Waals surface area contributed by atoms with Gasteiger partial charge in [-0.05, 0) is 35.8 Å². The Morgan fingerprint density at radius 3 is 3.06 bits per heavy atom. The Morgan fingerprint density at radius 1 is 1.41 bits per heavy atom. The lowest BCUT2D eigenvalue weighted by atomic mass is 10.4. The fraction of sp³-hybridized carbons (Fsp3) is 0. The number of pyridine rings is 1. The number of fused-ring (bicyclic) bond motifs is 1. The summed E-state index contributed by atoms with van der Waals surface area (Å²) in [5.74, 6) is 0. The normalized spacial score (nSPS) is 10.8. The fourth-order valence-corrected chi connectivity index (χ4v) is 2.74. The van der Waals surface area contributed by atoms with Crippen LogP contribution in [0.1, 0.15) is 0 Å². The Balaban J connectivity index is 2.45. The van der Waals surface area contributed by atoms with Crippen LogP contribution in [0.2, 0.25) is 0 Å². The number of hydrogen-bond donors (Lipinski definition) is 1. The molecule has 0 saturated heterocycles. The zero-order valence-electron chi connectivity index (χ0n) is 8.58. The topological polar surface area (TPSA) is 50.7 Å². The van der Waals surface area contributed by atoms with E-state index >= 15 is 0 Å². The Bertz CT molecular complexity index is 786. The van der Waals surface area contributed by atoms with Crippen molar-refractivity contribution < 1.29 is 0 Å². The first kappa shape index (κ1) is 10.4. The zero-order valence-corrected chi connectivity index (χ0v) is 10.2. The molecule has 3 aromatic rings. The molecule has 6 heteroatoms. The monoisotopic (exact) mass is 261 g/mol. The molecule has 1 N–H and O–H groups in total. The number of nitrogens with one attached hydrogen (secondary N) is 1. The molecule has 84 valence electrons. The van der Waals surface area contributed by atoms with Crippen molar-refractivity contribution >= 4 is 33.8 Å². The molecule has 0 saturated carbocycles. The van der Waals surface area contributed by atoms with Gasteiger partial charge < -0.3 is 4.98 Å². The van der Waals surface area contributed by atoms with Crippen molar-refractivity contribution in [2.75, 3.05) is 0 Å². The molecule has 3 rings (SSSR count). The molecule has 0 aliphatic carbocycles. The van der Waals surface area contributed by atoms with Crippen LogP contribution in [-0.2, 0) is 0 Å². The van der Waals surface area contributed by atoms with Crippen molar-refractivity contribution in [3.63, 3.8) is 0 Å². The first-order valence-corrected chi connectivity index (χ1v) is 6.19. The molecule has 0 aliphatic heterocycles. The fourth-order valence-electron chi connectivity index (χ4n) is 1.66. The summed E-state index contributed by atoms with van der Waals surface area (Å²) in [7, 11) is 0. The van der Waals surface area contributed by atoms with Crippen molar-refractivity contribution in [2.45, 2.75) is 0 Å². The second-order valence-corrected chi connectivity index (χ2v) is 4.75. The Labute approximate surface area is 105 Å². The third-order valence-corrected chi connectivity index (χ3v) is 3.60. The minimum absolute atomic E-state index is 0.105. The van der Waals surface area contributed by atoms with E-state index < -0.39 is 0 Å². The van der Waals surface area contributed by atoms with Gasteiger partial charge in [0, 0.05) is 6.20 Å². The van der Waals surface area contributed by atoms with Crippen LogP contribution in [0.25, 0.3) is 15.9 Å². The maximum Gasteiger partial charge on any atom is 0.276 e. The minimum Gasteiger partial charge on any atom is -0.331 e. The van der Waals surface area contributed by atoms with Crippen molar-refractivity contribution in [1.29, 1.82) is 0 Å². The van der Waals surface area contributed by atoms with Gasteiger partial charge in [-0.3, -0.25) is 14.3 Å². The Morgan fingerprint density at radius 2 is 2.29 bits per heavy atom. The summed E-state index contributed by atoms with van der Waals surface area (Å²) in [6.07, 6.45) is 3.27. The molecule has 0 radical (unpaired) electrons. The number of aromatic nitrogens is 3. The number of rotatable bonds is 1. The van der Waals surface area contributed by atoms with E-state index in [4.69, 9.17) is 12.2 Å². The highest BCUT2D eigenvalue weighted by Crippen LogP contribution is 2.15. The number of H-pyrrole nitrogens is 1. The maximum atomic E-state index is 12.3. The highest BCUT2D eigenvalue weighted by molar-refractivity contribution is 7.71. The van der Waals surface area contributed by atoms with Gasteiger partial charge in [0.25, 0.3) is 5.56 Å². The molecule has 0 aromatic carbocycles. The molecular weight excluding hydrogens is 254 g/mol. The first-order valence-electron chi connectivity index (χ1n) is 4.90. The van der Waals surface area contributed by atoms with E-state index in [1.807, 2.05) is 11.4 Å². The Kier molecular flexibility index (Phi) is 2.38. The molecule has 17 heavy (non-hydrogen) atoms. The molecule has 0 atom stereocenters. The van der Waals surface area contributed by atoms with E-state index in [-0.39, 0.29) is 5.56 Å². The van der Waals surface area contributed by atoms with Gasteiger partial charge in [0.2, 0.25) is 0 Å². The molecule has 0 unspecified atom stereocenters. The van der Waals surface area contributed by atoms with E-state index in [9.17, 15) is 4.79 Å². The lowest BCUT2D eigenvalue weighted by Crippen LogP contribution is -2.19. The van der Waals surface area contributed by atoms with E-state index in [1.165, 1.54) is 15.9 Å². The zero-order chi connectivity index (χ0) is 11.8. The van der Waals surface area contributed by atoms with Crippen LogP contribution < -0.4 is 5.56 Å². The number of nitrogens with zero attached hydrogens (tertiary/aromatic N) is 2. The summed E-state index contributed by atoms with van der Waals surface area (Å²) >= 11 is 6.60. The smallest absolute Gasteiger partial charge is 0.276 e. The second-order valence-electron chi connectivity index (χ2n) is 3.45. The molecule has 3 heterocycles. The summed E-state index contributed by atoms with van der Waals surface area (Å²) in [4.78, 5) is 19.3. The van der Waals surface area contributed by atoms with Crippen LogP contribution in [0.3, 0.4) is 0 Å². The van der Waals surface area contributed by atoms with Gasteiger partial charge in [-0.2, -0.15) is 0 Å². The van der Waals surface area contributed by atoms with Crippen LogP contribution >= 0.6 is 23.6 Å². The van der Waals surface area contributed by atoms with Crippen LogP contribution in [0.4, 0.5) is 0 Å². The standard InChI is InChI=1S/C11H7N3OS2/c15-10-9-8(3-5-17-9)13-11(16)14(10)7-2-1-4-12-6-7/h1-6H,(H,13,16). The molecule has 0 bridgehead atoms. The van der Waals surface area contributed by atoms with Gasteiger partial charge in [0.15, 0.2) is 4.77 Å². The summed E-state index contributed by atoms with van der Waals surface area (Å²) in [5.41, 5.74) is 1.35. The second kappa shape index (κ2) is 3.90. The summed E-state index contributed by atoms with van der Waals surface area (Å²) in [6, 6.07) is 5.43. The molecule has 0 amide bonds. The highest BCUT2D eigenvalue weighted by Gasteiger charge is 2.07. The first-order chi connectivity index (χ1) is 8.27. The predicted octanol–water partition coefficient (Wildman–Crippen LogP) is 2.50. The van der Waals surface area contributed by atoms with Gasteiger partial charge in [-0.1, -0.05) is 0 Å². The van der Waals surface area contributed by atoms with Gasteiger partial charge in [0.1, 0.15) is 4.70 Å². The molecule has 0 spiro atoms. The van der Waals surface area contributed by atoms with E-state index in [0.717, 1.165) is 5.52 Å². The third-order valence-electron chi connectivity index (χ3n) is 2.41. The number of aromatic amines is 1.